The third-order valence-electron chi connectivity index (χ3n) is 7.16. The van der Waals surface area contributed by atoms with Crippen molar-refractivity contribution < 1.29 is 4.79 Å². The number of carbonyl (C=O) groups excluding carboxylic acids is 1. The fraction of sp³-hybridized carbons (Fsp3) is 0.435. The van der Waals surface area contributed by atoms with E-state index in [0.717, 1.165) is 67.0 Å². The van der Waals surface area contributed by atoms with Gasteiger partial charge >= 0.3 is 0 Å². The van der Waals surface area contributed by atoms with E-state index < -0.39 is 0 Å². The molecule has 2 aliphatic rings. The molecule has 6 rings (SSSR count). The number of nitrogens with zero attached hydrogens (tertiary/aromatic N) is 7. The molecule has 0 radical (unpaired) electrons. The second-order valence-corrected chi connectivity index (χ2v) is 9.30. The van der Waals surface area contributed by atoms with Gasteiger partial charge < -0.3 is 15.5 Å². The molecule has 1 aliphatic heterocycles. The molecular formula is C23H27N9O. The van der Waals surface area contributed by atoms with E-state index in [1.807, 2.05) is 47.1 Å². The Hall–Kier alpha value is -3.69. The third-order valence-corrected chi connectivity index (χ3v) is 7.16. The lowest BCUT2D eigenvalue weighted by molar-refractivity contribution is -0.143. The minimum Gasteiger partial charge on any atom is -0.371 e. The van der Waals surface area contributed by atoms with Crippen molar-refractivity contribution in [2.24, 2.45) is 5.41 Å². The third kappa shape index (κ3) is 3.37. The number of anilines is 2. The molecule has 0 unspecified atom stereocenters. The van der Waals surface area contributed by atoms with Crippen molar-refractivity contribution in [1.82, 2.24) is 34.1 Å². The fourth-order valence-corrected chi connectivity index (χ4v) is 5.29. The molecule has 1 saturated carbocycles. The zero-order valence-electron chi connectivity index (χ0n) is 18.8. The van der Waals surface area contributed by atoms with E-state index in [2.05, 4.69) is 15.7 Å². The maximum Gasteiger partial charge on any atom is 0.243 e. The van der Waals surface area contributed by atoms with Crippen LogP contribution in [0, 0.1) is 5.41 Å². The van der Waals surface area contributed by atoms with Crippen LogP contribution in [0.15, 0.2) is 36.8 Å². The van der Waals surface area contributed by atoms with Gasteiger partial charge in [0.25, 0.3) is 0 Å². The molecule has 10 nitrogen and oxygen atoms in total. The molecule has 1 amide bonds. The minimum atomic E-state index is 0.188. The van der Waals surface area contributed by atoms with Gasteiger partial charge in [-0.05, 0) is 37.8 Å². The van der Waals surface area contributed by atoms with Gasteiger partial charge in [0.1, 0.15) is 5.52 Å². The van der Waals surface area contributed by atoms with Crippen LogP contribution in [-0.4, -0.2) is 66.2 Å². The molecule has 2 N–H and O–H groups in total. The highest BCUT2D eigenvalue weighted by atomic mass is 16.2. The Balaban J connectivity index is 1.22. The van der Waals surface area contributed by atoms with E-state index in [-0.39, 0.29) is 5.91 Å². The van der Waals surface area contributed by atoms with Crippen LogP contribution in [-0.2, 0) is 4.79 Å². The van der Waals surface area contributed by atoms with E-state index in [1.54, 1.807) is 17.6 Å². The summed E-state index contributed by atoms with van der Waals surface area (Å²) in [6, 6.07) is 6.19. The summed E-state index contributed by atoms with van der Waals surface area (Å²) >= 11 is 0. The van der Waals surface area contributed by atoms with Crippen molar-refractivity contribution >= 4 is 28.8 Å². The predicted octanol–water partition coefficient (Wildman–Crippen LogP) is 2.68. The Morgan fingerprint density at radius 3 is 2.64 bits per heavy atom. The summed E-state index contributed by atoms with van der Waals surface area (Å²) in [5.74, 6) is 1.56. The number of fused-ring (bicyclic) bond motifs is 2. The molecule has 0 aromatic carbocycles. The number of amides is 1. The van der Waals surface area contributed by atoms with Crippen molar-refractivity contribution in [3.8, 4) is 11.3 Å². The van der Waals surface area contributed by atoms with Crippen molar-refractivity contribution in [2.45, 2.75) is 38.6 Å². The summed E-state index contributed by atoms with van der Waals surface area (Å²) in [7, 11) is 1.87. The van der Waals surface area contributed by atoms with Crippen molar-refractivity contribution in [3.63, 3.8) is 0 Å². The average Bonchev–Trinajstić information content (AvgIpc) is 3.44. The molecule has 170 valence electrons. The molecule has 1 saturated heterocycles. The molecule has 4 aromatic rings. The molecule has 0 atom stereocenters. The normalized spacial score (nSPS) is 18.1. The topological polar surface area (TPSA) is 105 Å². The SMILES string of the molecule is CNc1nc(NC2CCC3(CC2)CN(C(C)=O)C3)nn2ccc(-c3ccn4nccc4n3)c12. The number of rotatable bonds is 4. The van der Waals surface area contributed by atoms with Crippen LogP contribution in [0.25, 0.3) is 22.4 Å². The Bertz CT molecular complexity index is 1340. The molecule has 33 heavy (non-hydrogen) atoms. The first-order valence-corrected chi connectivity index (χ1v) is 11.4. The minimum absolute atomic E-state index is 0.188. The van der Waals surface area contributed by atoms with Crippen LogP contribution in [0.2, 0.25) is 0 Å². The quantitative estimate of drug-likeness (QED) is 0.498. The van der Waals surface area contributed by atoms with E-state index in [9.17, 15) is 4.79 Å². The maximum absolute atomic E-state index is 11.5. The molecule has 1 spiro atoms. The molecule has 2 fully saturated rings. The molecular weight excluding hydrogens is 418 g/mol. The number of aromatic nitrogens is 6. The van der Waals surface area contributed by atoms with Gasteiger partial charge in [-0.25, -0.2) is 14.0 Å². The summed E-state index contributed by atoms with van der Waals surface area (Å²) < 4.78 is 3.61. The lowest BCUT2D eigenvalue weighted by Gasteiger charge is -2.53. The van der Waals surface area contributed by atoms with E-state index in [4.69, 9.17) is 15.1 Å². The van der Waals surface area contributed by atoms with Crippen LogP contribution < -0.4 is 10.6 Å². The highest BCUT2D eigenvalue weighted by Crippen LogP contribution is 2.44. The average molecular weight is 446 g/mol. The highest BCUT2D eigenvalue weighted by molar-refractivity contribution is 5.87. The van der Waals surface area contributed by atoms with Gasteiger partial charge in [-0.1, -0.05) is 0 Å². The standard InChI is InChI=1S/C23H27N9O/c1-15(33)30-13-23(14-30)8-3-16(4-9-23)26-22-28-21(24-2)20-17(6-11-32(20)29-22)18-7-12-31-19(27-18)5-10-25-31/h5-7,10-12,16H,3-4,8-9,13-14H2,1-2H3,(H2,24,26,28,29). The zero-order chi connectivity index (χ0) is 22.6. The molecule has 0 bridgehead atoms. The van der Waals surface area contributed by atoms with Gasteiger partial charge in [-0.3, -0.25) is 4.79 Å². The van der Waals surface area contributed by atoms with Gasteiger partial charge in [0.2, 0.25) is 11.9 Å². The Kier molecular flexibility index (Phi) is 4.49. The van der Waals surface area contributed by atoms with Gasteiger partial charge in [-0.15, -0.1) is 5.10 Å². The first-order valence-electron chi connectivity index (χ1n) is 11.4. The lowest BCUT2D eigenvalue weighted by Crippen LogP contribution is -2.59. The number of nitrogens with one attached hydrogen (secondary N) is 2. The smallest absolute Gasteiger partial charge is 0.243 e. The van der Waals surface area contributed by atoms with Crippen LogP contribution >= 0.6 is 0 Å². The fourth-order valence-electron chi connectivity index (χ4n) is 5.29. The highest BCUT2D eigenvalue weighted by Gasteiger charge is 2.46. The largest absolute Gasteiger partial charge is 0.371 e. The predicted molar refractivity (Wildman–Crippen MR) is 125 cm³/mol. The summed E-state index contributed by atoms with van der Waals surface area (Å²) in [6.45, 7) is 3.48. The van der Waals surface area contributed by atoms with Crippen molar-refractivity contribution in [3.05, 3.63) is 36.8 Å². The van der Waals surface area contributed by atoms with Crippen molar-refractivity contribution in [2.75, 3.05) is 30.8 Å². The maximum atomic E-state index is 11.5. The monoisotopic (exact) mass is 445 g/mol. The van der Waals surface area contributed by atoms with Crippen LogP contribution in [0.5, 0.6) is 0 Å². The zero-order valence-corrected chi connectivity index (χ0v) is 18.8. The summed E-state index contributed by atoms with van der Waals surface area (Å²) in [5.41, 5.74) is 3.83. The van der Waals surface area contributed by atoms with E-state index in [0.29, 0.717) is 17.4 Å². The van der Waals surface area contributed by atoms with Crippen LogP contribution in [0.1, 0.15) is 32.6 Å². The Morgan fingerprint density at radius 2 is 1.88 bits per heavy atom. The lowest BCUT2D eigenvalue weighted by atomic mass is 9.67. The molecule has 10 heteroatoms. The van der Waals surface area contributed by atoms with Gasteiger partial charge in [0.05, 0.1) is 11.9 Å². The van der Waals surface area contributed by atoms with Gasteiger partial charge in [-0.2, -0.15) is 10.1 Å². The van der Waals surface area contributed by atoms with Crippen LogP contribution in [0.4, 0.5) is 11.8 Å². The first-order chi connectivity index (χ1) is 16.0. The van der Waals surface area contributed by atoms with Crippen molar-refractivity contribution in [1.29, 1.82) is 0 Å². The van der Waals surface area contributed by atoms with E-state index >= 15 is 0 Å². The molecule has 4 aromatic heterocycles. The number of hydrogen-bond donors (Lipinski definition) is 2. The molecule has 1 aliphatic carbocycles. The number of hydrogen-bond acceptors (Lipinski definition) is 7. The molecule has 5 heterocycles. The number of carbonyl (C=O) groups is 1. The second kappa shape index (κ2) is 7.43. The van der Waals surface area contributed by atoms with E-state index in [1.165, 1.54) is 0 Å². The first kappa shape index (κ1) is 20.0. The Labute approximate surface area is 191 Å². The van der Waals surface area contributed by atoms with Gasteiger partial charge in [0, 0.05) is 62.5 Å². The summed E-state index contributed by atoms with van der Waals surface area (Å²) in [4.78, 5) is 23.0. The van der Waals surface area contributed by atoms with Crippen LogP contribution in [0.3, 0.4) is 0 Å². The van der Waals surface area contributed by atoms with Gasteiger partial charge in [0.15, 0.2) is 11.5 Å². The number of likely N-dealkylation sites (tertiary alicyclic amines) is 1. The second-order valence-electron chi connectivity index (χ2n) is 9.30. The summed E-state index contributed by atoms with van der Waals surface area (Å²) in [5, 5.41) is 15.7. The Morgan fingerprint density at radius 1 is 1.09 bits per heavy atom. The summed E-state index contributed by atoms with van der Waals surface area (Å²) in [6.07, 6.45) is 9.98.